The van der Waals surface area contributed by atoms with Crippen LogP contribution in [0.25, 0.3) is 0 Å². The predicted molar refractivity (Wildman–Crippen MR) is 68.6 cm³/mol. The van der Waals surface area contributed by atoms with Gasteiger partial charge < -0.3 is 10.1 Å². The molecule has 1 aliphatic heterocycles. The fraction of sp³-hybridized carbons (Fsp3) is 0.538. The van der Waals surface area contributed by atoms with Crippen LogP contribution in [0.3, 0.4) is 0 Å². The van der Waals surface area contributed by atoms with Crippen molar-refractivity contribution in [3.63, 3.8) is 0 Å². The first-order valence-electron chi connectivity index (χ1n) is 6.26. The van der Waals surface area contributed by atoms with Crippen LogP contribution in [0.1, 0.15) is 15.9 Å². The minimum atomic E-state index is -0.0474. The van der Waals surface area contributed by atoms with E-state index in [1.54, 1.807) is 12.4 Å². The summed E-state index contributed by atoms with van der Waals surface area (Å²) in [5.41, 5.74) is 1.60. The molecule has 0 aliphatic carbocycles. The first-order valence-corrected chi connectivity index (χ1v) is 6.26. The first kappa shape index (κ1) is 13.0. The molecule has 0 bridgehead atoms. The molecule has 1 N–H and O–H groups in total. The minimum absolute atomic E-state index is 0.0474. The zero-order valence-corrected chi connectivity index (χ0v) is 10.7. The lowest BCUT2D eigenvalue weighted by atomic mass is 10.1. The van der Waals surface area contributed by atoms with Gasteiger partial charge >= 0.3 is 0 Å². The number of pyridine rings is 1. The van der Waals surface area contributed by atoms with E-state index in [4.69, 9.17) is 4.74 Å². The molecular formula is C13H19N3O2. The molecule has 1 aromatic heterocycles. The van der Waals surface area contributed by atoms with Crippen molar-refractivity contribution in [3.05, 3.63) is 29.6 Å². The van der Waals surface area contributed by atoms with Crippen molar-refractivity contribution in [2.24, 2.45) is 0 Å². The fourth-order valence-electron chi connectivity index (χ4n) is 1.95. The largest absolute Gasteiger partial charge is 0.379 e. The Morgan fingerprint density at radius 3 is 3.00 bits per heavy atom. The molecule has 0 spiro atoms. The highest BCUT2D eigenvalue weighted by Gasteiger charge is 2.11. The molecule has 0 atom stereocenters. The van der Waals surface area contributed by atoms with Crippen LogP contribution in [-0.2, 0) is 4.74 Å². The number of amides is 1. The van der Waals surface area contributed by atoms with Gasteiger partial charge in [0.05, 0.1) is 18.8 Å². The summed E-state index contributed by atoms with van der Waals surface area (Å²) < 4.78 is 5.27. The topological polar surface area (TPSA) is 54.5 Å². The lowest BCUT2D eigenvalue weighted by Crippen LogP contribution is -2.41. The first-order chi connectivity index (χ1) is 8.77. The van der Waals surface area contributed by atoms with Gasteiger partial charge in [-0.25, -0.2) is 0 Å². The Labute approximate surface area is 107 Å². The number of aromatic nitrogens is 1. The third-order valence-electron chi connectivity index (χ3n) is 3.10. The zero-order chi connectivity index (χ0) is 12.8. The van der Waals surface area contributed by atoms with E-state index in [0.29, 0.717) is 12.1 Å². The molecule has 1 aromatic rings. The Morgan fingerprint density at radius 2 is 2.28 bits per heavy atom. The summed E-state index contributed by atoms with van der Waals surface area (Å²) in [6.45, 7) is 6.91. The van der Waals surface area contributed by atoms with E-state index in [9.17, 15) is 4.79 Å². The lowest BCUT2D eigenvalue weighted by Gasteiger charge is -2.26. The van der Waals surface area contributed by atoms with E-state index in [1.807, 2.05) is 13.0 Å². The van der Waals surface area contributed by atoms with Gasteiger partial charge in [0.1, 0.15) is 0 Å². The fourth-order valence-corrected chi connectivity index (χ4v) is 1.95. The van der Waals surface area contributed by atoms with E-state index < -0.39 is 0 Å². The van der Waals surface area contributed by atoms with Crippen LogP contribution < -0.4 is 5.32 Å². The Morgan fingerprint density at radius 1 is 1.50 bits per heavy atom. The molecule has 18 heavy (non-hydrogen) atoms. The summed E-state index contributed by atoms with van der Waals surface area (Å²) in [5.74, 6) is -0.0474. The summed E-state index contributed by atoms with van der Waals surface area (Å²) in [6, 6.07) is 1.84. The number of ether oxygens (including phenoxy) is 1. The third kappa shape index (κ3) is 3.51. The van der Waals surface area contributed by atoms with Crippen molar-refractivity contribution < 1.29 is 9.53 Å². The van der Waals surface area contributed by atoms with Gasteiger partial charge in [0.25, 0.3) is 5.91 Å². The maximum Gasteiger partial charge on any atom is 0.253 e. The number of carbonyl (C=O) groups is 1. The Bertz CT molecular complexity index is 403. The van der Waals surface area contributed by atoms with Gasteiger partial charge in [-0.2, -0.15) is 0 Å². The molecule has 1 fully saturated rings. The van der Waals surface area contributed by atoms with Crippen molar-refractivity contribution in [1.82, 2.24) is 15.2 Å². The summed E-state index contributed by atoms with van der Waals surface area (Å²) in [4.78, 5) is 18.2. The highest BCUT2D eigenvalue weighted by molar-refractivity contribution is 5.95. The number of hydrogen-bond donors (Lipinski definition) is 1. The molecule has 2 rings (SSSR count). The maximum atomic E-state index is 11.9. The normalized spacial score (nSPS) is 16.5. The van der Waals surface area contributed by atoms with Gasteiger partial charge in [-0.15, -0.1) is 0 Å². The molecule has 2 heterocycles. The van der Waals surface area contributed by atoms with Gasteiger partial charge in [0.15, 0.2) is 0 Å². The second kappa shape index (κ2) is 6.47. The molecule has 1 saturated heterocycles. The van der Waals surface area contributed by atoms with Crippen molar-refractivity contribution in [2.45, 2.75) is 6.92 Å². The van der Waals surface area contributed by atoms with E-state index >= 15 is 0 Å². The van der Waals surface area contributed by atoms with Crippen LogP contribution in [0.4, 0.5) is 0 Å². The number of nitrogens with one attached hydrogen (secondary N) is 1. The SMILES string of the molecule is Cc1ccncc1C(=O)NCCN1CCOCC1. The molecule has 5 nitrogen and oxygen atoms in total. The van der Waals surface area contributed by atoms with Crippen molar-refractivity contribution in [3.8, 4) is 0 Å². The van der Waals surface area contributed by atoms with Gasteiger partial charge in [-0.05, 0) is 18.6 Å². The van der Waals surface area contributed by atoms with Crippen LogP contribution in [0.2, 0.25) is 0 Å². The van der Waals surface area contributed by atoms with Crippen molar-refractivity contribution >= 4 is 5.91 Å². The molecule has 1 aliphatic rings. The molecule has 0 unspecified atom stereocenters. The van der Waals surface area contributed by atoms with Gasteiger partial charge in [-0.3, -0.25) is 14.7 Å². The maximum absolute atomic E-state index is 11.9. The molecule has 0 saturated carbocycles. The van der Waals surface area contributed by atoms with Crippen molar-refractivity contribution in [1.29, 1.82) is 0 Å². The summed E-state index contributed by atoms with van der Waals surface area (Å²) >= 11 is 0. The third-order valence-corrected chi connectivity index (χ3v) is 3.10. The summed E-state index contributed by atoms with van der Waals surface area (Å²) in [6.07, 6.45) is 3.30. The Kier molecular flexibility index (Phi) is 4.66. The van der Waals surface area contributed by atoms with Gasteiger partial charge in [-0.1, -0.05) is 0 Å². The number of carbonyl (C=O) groups excluding carboxylic acids is 1. The average Bonchev–Trinajstić information content (AvgIpc) is 2.40. The molecule has 0 radical (unpaired) electrons. The van der Waals surface area contributed by atoms with E-state index in [-0.39, 0.29) is 5.91 Å². The molecule has 98 valence electrons. The second-order valence-corrected chi connectivity index (χ2v) is 4.40. The quantitative estimate of drug-likeness (QED) is 0.842. The molecule has 0 aromatic carbocycles. The Balaban J connectivity index is 1.76. The van der Waals surface area contributed by atoms with Gasteiger partial charge in [0.2, 0.25) is 0 Å². The number of hydrogen-bond acceptors (Lipinski definition) is 4. The number of morpholine rings is 1. The van der Waals surface area contributed by atoms with Crippen LogP contribution in [0.15, 0.2) is 18.5 Å². The van der Waals surface area contributed by atoms with Crippen molar-refractivity contribution in [2.75, 3.05) is 39.4 Å². The number of rotatable bonds is 4. The highest BCUT2D eigenvalue weighted by atomic mass is 16.5. The predicted octanol–water partition coefficient (Wildman–Crippen LogP) is 0.452. The number of nitrogens with zero attached hydrogens (tertiary/aromatic N) is 2. The Hall–Kier alpha value is -1.46. The number of aryl methyl sites for hydroxylation is 1. The molecular weight excluding hydrogens is 230 g/mol. The van der Waals surface area contributed by atoms with E-state index in [1.165, 1.54) is 0 Å². The highest BCUT2D eigenvalue weighted by Crippen LogP contribution is 2.04. The van der Waals surface area contributed by atoms with Crippen LogP contribution in [-0.4, -0.2) is 55.2 Å². The monoisotopic (exact) mass is 249 g/mol. The second-order valence-electron chi connectivity index (χ2n) is 4.40. The molecule has 5 heteroatoms. The lowest BCUT2D eigenvalue weighted by molar-refractivity contribution is 0.0383. The smallest absolute Gasteiger partial charge is 0.253 e. The van der Waals surface area contributed by atoms with E-state index in [2.05, 4.69) is 15.2 Å². The van der Waals surface area contributed by atoms with Crippen LogP contribution in [0.5, 0.6) is 0 Å². The van der Waals surface area contributed by atoms with Gasteiger partial charge in [0, 0.05) is 38.6 Å². The summed E-state index contributed by atoms with van der Waals surface area (Å²) in [7, 11) is 0. The zero-order valence-electron chi connectivity index (χ0n) is 10.7. The van der Waals surface area contributed by atoms with E-state index in [0.717, 1.165) is 38.4 Å². The average molecular weight is 249 g/mol. The summed E-state index contributed by atoms with van der Waals surface area (Å²) in [5, 5.41) is 2.93. The van der Waals surface area contributed by atoms with Crippen LogP contribution in [0, 0.1) is 6.92 Å². The molecule has 1 amide bonds. The standard InChI is InChI=1S/C13H19N3O2/c1-11-2-3-14-10-12(11)13(17)15-4-5-16-6-8-18-9-7-16/h2-3,10H,4-9H2,1H3,(H,15,17). The van der Waals surface area contributed by atoms with Crippen LogP contribution >= 0.6 is 0 Å². The minimum Gasteiger partial charge on any atom is -0.379 e.